The van der Waals surface area contributed by atoms with Crippen LogP contribution in [0.3, 0.4) is 0 Å². The predicted octanol–water partition coefficient (Wildman–Crippen LogP) is 2.92. The van der Waals surface area contributed by atoms with Crippen molar-refractivity contribution in [2.45, 2.75) is 5.16 Å². The summed E-state index contributed by atoms with van der Waals surface area (Å²) in [6, 6.07) is 6.04. The molecule has 1 heterocycles. The van der Waals surface area contributed by atoms with E-state index < -0.39 is 5.78 Å². The van der Waals surface area contributed by atoms with Crippen LogP contribution in [0.4, 0.5) is 0 Å². The first-order chi connectivity index (χ1) is 10.6. The van der Waals surface area contributed by atoms with Crippen LogP contribution in [-0.4, -0.2) is 40.0 Å². The molecule has 0 bridgehead atoms. The highest BCUT2D eigenvalue weighted by Gasteiger charge is 2.20. The minimum Gasteiger partial charge on any atom is -0.495 e. The summed E-state index contributed by atoms with van der Waals surface area (Å²) in [4.78, 5) is 20.7. The summed E-state index contributed by atoms with van der Waals surface area (Å²) < 4.78 is 5.08. The van der Waals surface area contributed by atoms with Crippen LogP contribution in [0.2, 0.25) is 5.02 Å². The van der Waals surface area contributed by atoms with Gasteiger partial charge in [0.05, 0.1) is 12.1 Å². The van der Waals surface area contributed by atoms with Crippen molar-refractivity contribution in [3.8, 4) is 5.75 Å². The maximum Gasteiger partial charge on any atom is 0.217 e. The molecule has 2 rings (SSSR count). The van der Waals surface area contributed by atoms with Crippen molar-refractivity contribution in [2.75, 3.05) is 13.4 Å². The van der Waals surface area contributed by atoms with E-state index in [9.17, 15) is 10.0 Å². The summed E-state index contributed by atoms with van der Waals surface area (Å²) >= 11 is 7.25. The van der Waals surface area contributed by atoms with E-state index in [1.807, 2.05) is 0 Å². The van der Waals surface area contributed by atoms with Crippen molar-refractivity contribution >= 4 is 34.9 Å². The first-order valence-corrected chi connectivity index (χ1v) is 7.68. The number of rotatable bonds is 5. The molecule has 1 N–H and O–H groups in total. The summed E-state index contributed by atoms with van der Waals surface area (Å²) in [5.74, 6) is -0.138. The zero-order chi connectivity index (χ0) is 16.1. The third kappa shape index (κ3) is 3.37. The Kier molecular flexibility index (Phi) is 5.35. The number of halogens is 1. The topological polar surface area (TPSA) is 84.7 Å². The monoisotopic (exact) mass is 337 g/mol. The number of methoxy groups -OCH3 is 1. The molecular formula is C14H12ClN3O3S. The van der Waals surface area contributed by atoms with Crippen LogP contribution < -0.4 is 4.74 Å². The van der Waals surface area contributed by atoms with Crippen molar-refractivity contribution in [1.29, 1.82) is 0 Å². The number of ether oxygens (including phenoxy) is 1. The maximum atomic E-state index is 12.5. The molecule has 0 aliphatic carbocycles. The molecule has 0 radical (unpaired) electrons. The molecule has 0 atom stereocenters. The lowest BCUT2D eigenvalue weighted by molar-refractivity contribution is 0.106. The van der Waals surface area contributed by atoms with Gasteiger partial charge in [-0.1, -0.05) is 28.5 Å². The standard InChI is InChI=1S/C14H12ClN3O3S/c1-21-11-7-8(3-4-9(11)15)13(19)12(18-20)10-5-6-16-14(17-10)22-2/h3-7,20H,1-2H3/b18-12+. The summed E-state index contributed by atoms with van der Waals surface area (Å²) in [5, 5.41) is 13.1. The van der Waals surface area contributed by atoms with Crippen LogP contribution >= 0.6 is 23.4 Å². The van der Waals surface area contributed by atoms with Crippen molar-refractivity contribution in [2.24, 2.45) is 5.16 Å². The van der Waals surface area contributed by atoms with E-state index in [0.717, 1.165) is 0 Å². The Balaban J connectivity index is 2.41. The highest BCUT2D eigenvalue weighted by molar-refractivity contribution is 7.98. The molecule has 0 spiro atoms. The second kappa shape index (κ2) is 7.24. The van der Waals surface area contributed by atoms with Gasteiger partial charge in [-0.3, -0.25) is 4.79 Å². The van der Waals surface area contributed by atoms with Gasteiger partial charge in [-0.05, 0) is 30.5 Å². The lowest BCUT2D eigenvalue weighted by atomic mass is 10.0. The van der Waals surface area contributed by atoms with E-state index in [1.54, 1.807) is 6.26 Å². The van der Waals surface area contributed by atoms with E-state index >= 15 is 0 Å². The average molecular weight is 338 g/mol. The number of carbonyl (C=O) groups is 1. The minimum absolute atomic E-state index is 0.179. The highest BCUT2D eigenvalue weighted by Crippen LogP contribution is 2.25. The molecular weight excluding hydrogens is 326 g/mol. The number of nitrogens with zero attached hydrogens (tertiary/aromatic N) is 3. The fourth-order valence-electron chi connectivity index (χ4n) is 1.72. The van der Waals surface area contributed by atoms with Crippen LogP contribution in [0.5, 0.6) is 5.75 Å². The second-order valence-corrected chi connectivity index (χ2v) is 5.24. The maximum absolute atomic E-state index is 12.5. The summed E-state index contributed by atoms with van der Waals surface area (Å²) in [6.07, 6.45) is 3.30. The quantitative estimate of drug-likeness (QED) is 0.225. The Hall–Kier alpha value is -2.12. The van der Waals surface area contributed by atoms with Crippen LogP contribution in [0.15, 0.2) is 40.8 Å². The highest BCUT2D eigenvalue weighted by atomic mass is 35.5. The van der Waals surface area contributed by atoms with Gasteiger partial charge in [-0.2, -0.15) is 0 Å². The molecule has 22 heavy (non-hydrogen) atoms. The first-order valence-electron chi connectivity index (χ1n) is 6.08. The van der Waals surface area contributed by atoms with Crippen LogP contribution in [-0.2, 0) is 0 Å². The number of aromatic nitrogens is 2. The van der Waals surface area contributed by atoms with Gasteiger partial charge >= 0.3 is 0 Å². The Bertz CT molecular complexity index is 737. The molecule has 0 unspecified atom stereocenters. The van der Waals surface area contributed by atoms with Crippen molar-refractivity contribution in [3.63, 3.8) is 0 Å². The second-order valence-electron chi connectivity index (χ2n) is 4.06. The van der Waals surface area contributed by atoms with E-state index in [-0.39, 0.29) is 17.0 Å². The number of thioether (sulfide) groups is 1. The Morgan fingerprint density at radius 1 is 1.41 bits per heavy atom. The average Bonchev–Trinajstić information content (AvgIpc) is 2.56. The van der Waals surface area contributed by atoms with E-state index in [4.69, 9.17) is 16.3 Å². The summed E-state index contributed by atoms with van der Waals surface area (Å²) in [6.45, 7) is 0. The van der Waals surface area contributed by atoms with Crippen LogP contribution in [0.25, 0.3) is 0 Å². The van der Waals surface area contributed by atoms with E-state index in [0.29, 0.717) is 15.9 Å². The Labute approximate surface area is 136 Å². The van der Waals surface area contributed by atoms with Crippen LogP contribution in [0.1, 0.15) is 16.1 Å². The normalized spacial score (nSPS) is 11.3. The smallest absolute Gasteiger partial charge is 0.217 e. The molecule has 0 aliphatic rings. The Morgan fingerprint density at radius 3 is 2.82 bits per heavy atom. The molecule has 8 heteroatoms. The first kappa shape index (κ1) is 16.3. The van der Waals surface area contributed by atoms with Gasteiger partial charge < -0.3 is 9.94 Å². The zero-order valence-corrected chi connectivity index (χ0v) is 13.4. The van der Waals surface area contributed by atoms with Gasteiger partial charge in [-0.15, -0.1) is 0 Å². The Morgan fingerprint density at radius 2 is 2.18 bits per heavy atom. The van der Waals surface area contributed by atoms with E-state index in [1.165, 1.54) is 49.3 Å². The largest absolute Gasteiger partial charge is 0.495 e. The number of oxime groups is 1. The lowest BCUT2D eigenvalue weighted by Crippen LogP contribution is -2.18. The number of hydrogen-bond acceptors (Lipinski definition) is 7. The molecule has 2 aromatic rings. The third-order valence-corrected chi connectivity index (χ3v) is 3.66. The minimum atomic E-state index is -0.497. The molecule has 1 aromatic carbocycles. The fourth-order valence-corrected chi connectivity index (χ4v) is 2.27. The molecule has 0 saturated carbocycles. The predicted molar refractivity (Wildman–Crippen MR) is 84.5 cm³/mol. The molecule has 114 valence electrons. The number of Topliss-reactive ketones (excluding diaryl/α,β-unsaturated/α-hetero) is 1. The SMILES string of the molecule is COc1cc(C(=O)/C(=N/O)c2ccnc(SC)n2)ccc1Cl. The van der Waals surface area contributed by atoms with Gasteiger partial charge in [0.25, 0.3) is 0 Å². The lowest BCUT2D eigenvalue weighted by Gasteiger charge is -2.07. The molecule has 0 fully saturated rings. The summed E-state index contributed by atoms with van der Waals surface area (Å²) in [5.41, 5.74) is 0.334. The van der Waals surface area contributed by atoms with Crippen molar-refractivity contribution < 1.29 is 14.7 Å². The van der Waals surface area contributed by atoms with Gasteiger partial charge in [0, 0.05) is 11.8 Å². The molecule has 6 nitrogen and oxygen atoms in total. The molecule has 1 aromatic heterocycles. The van der Waals surface area contributed by atoms with E-state index in [2.05, 4.69) is 15.1 Å². The number of benzene rings is 1. The van der Waals surface area contributed by atoms with Gasteiger partial charge in [0.15, 0.2) is 10.9 Å². The third-order valence-electron chi connectivity index (χ3n) is 2.79. The number of ketones is 1. The number of hydrogen-bond donors (Lipinski definition) is 1. The fraction of sp³-hybridized carbons (Fsp3) is 0.143. The van der Waals surface area contributed by atoms with Gasteiger partial charge in [-0.25, -0.2) is 9.97 Å². The molecule has 0 saturated heterocycles. The molecule has 0 aliphatic heterocycles. The molecule has 0 amide bonds. The number of carbonyl (C=O) groups excluding carboxylic acids is 1. The summed E-state index contributed by atoms with van der Waals surface area (Å²) in [7, 11) is 1.45. The van der Waals surface area contributed by atoms with Crippen molar-refractivity contribution in [1.82, 2.24) is 9.97 Å². The van der Waals surface area contributed by atoms with Crippen LogP contribution in [0, 0.1) is 0 Å². The van der Waals surface area contributed by atoms with Gasteiger partial charge in [0.1, 0.15) is 11.4 Å². The zero-order valence-electron chi connectivity index (χ0n) is 11.8. The van der Waals surface area contributed by atoms with Gasteiger partial charge in [0.2, 0.25) is 5.78 Å². The van der Waals surface area contributed by atoms with Crippen molar-refractivity contribution in [3.05, 3.63) is 46.7 Å².